The van der Waals surface area contributed by atoms with Gasteiger partial charge < -0.3 is 16.4 Å². The van der Waals surface area contributed by atoms with Crippen LogP contribution in [0.15, 0.2) is 48.5 Å². The Labute approximate surface area is 173 Å². The number of aromatic nitrogens is 4. The Hall–Kier alpha value is -3.94. The number of pyridine rings is 1. The summed E-state index contributed by atoms with van der Waals surface area (Å²) in [5, 5.41) is 11.3. The Morgan fingerprint density at radius 3 is 2.80 bits per heavy atom. The molecule has 0 aliphatic carbocycles. The molecule has 4 N–H and O–H groups in total. The lowest BCUT2D eigenvalue weighted by Gasteiger charge is -2.12. The van der Waals surface area contributed by atoms with Crippen LogP contribution in [0.25, 0.3) is 16.9 Å². The molecule has 0 saturated heterocycles. The van der Waals surface area contributed by atoms with E-state index in [0.29, 0.717) is 18.1 Å². The van der Waals surface area contributed by atoms with Crippen LogP contribution in [0, 0.1) is 6.92 Å². The van der Waals surface area contributed by atoms with Crippen molar-refractivity contribution in [3.05, 3.63) is 71.0 Å². The van der Waals surface area contributed by atoms with Gasteiger partial charge in [-0.15, -0.1) is 0 Å². The van der Waals surface area contributed by atoms with Gasteiger partial charge in [0.2, 0.25) is 0 Å². The maximum atomic E-state index is 11.8. The molecule has 0 unspecified atom stereocenters. The van der Waals surface area contributed by atoms with Gasteiger partial charge in [0.25, 0.3) is 5.91 Å². The average Bonchev–Trinajstić information content (AvgIpc) is 3.35. The molecule has 1 aromatic carbocycles. The summed E-state index contributed by atoms with van der Waals surface area (Å²) in [7, 11) is 0. The van der Waals surface area contributed by atoms with Crippen LogP contribution in [0.5, 0.6) is 0 Å². The first-order chi connectivity index (χ1) is 14.6. The molecule has 0 atom stereocenters. The highest BCUT2D eigenvalue weighted by Gasteiger charge is 2.23. The molecular formula is C22H21N7O. The summed E-state index contributed by atoms with van der Waals surface area (Å²) in [6.45, 7) is 3.38. The molecule has 0 saturated carbocycles. The number of nitrogens with one attached hydrogen (secondary N) is 2. The van der Waals surface area contributed by atoms with E-state index in [2.05, 4.69) is 27.9 Å². The fourth-order valence-corrected chi connectivity index (χ4v) is 3.86. The minimum absolute atomic E-state index is 0.323. The van der Waals surface area contributed by atoms with Gasteiger partial charge in [0.15, 0.2) is 5.82 Å². The lowest BCUT2D eigenvalue weighted by molar-refractivity contribution is 0.0993. The van der Waals surface area contributed by atoms with Crippen molar-refractivity contribution in [2.45, 2.75) is 19.9 Å². The van der Waals surface area contributed by atoms with Gasteiger partial charge in [0.05, 0.1) is 16.8 Å². The van der Waals surface area contributed by atoms with E-state index in [1.54, 1.807) is 16.6 Å². The highest BCUT2D eigenvalue weighted by Crippen LogP contribution is 2.33. The van der Waals surface area contributed by atoms with Crippen LogP contribution in [0.3, 0.4) is 0 Å². The van der Waals surface area contributed by atoms with Gasteiger partial charge in [-0.05, 0) is 31.0 Å². The summed E-state index contributed by atoms with van der Waals surface area (Å²) in [6.07, 6.45) is 0.867. The smallest absolute Gasteiger partial charge is 0.267 e. The van der Waals surface area contributed by atoms with E-state index in [-0.39, 0.29) is 0 Å². The number of benzene rings is 1. The number of nitrogens with two attached hydrogens (primary N) is 1. The van der Waals surface area contributed by atoms with E-state index >= 15 is 0 Å². The van der Waals surface area contributed by atoms with E-state index in [9.17, 15) is 4.79 Å². The van der Waals surface area contributed by atoms with Crippen molar-refractivity contribution in [3.8, 4) is 11.4 Å². The first kappa shape index (κ1) is 18.1. The number of primary amides is 1. The minimum atomic E-state index is -0.531. The highest BCUT2D eigenvalue weighted by atomic mass is 16.1. The Balaban J connectivity index is 1.61. The second kappa shape index (κ2) is 7.14. The standard InChI is InChI=1S/C22H21N7O/c1-13-18(16-8-5-9-17(19(23)30)29(16)28-13)22-26-20-15(10-11-24-20)21(27-22)25-12-14-6-3-2-4-7-14/h2-9H,10-12H2,1H3,(H2,23,30)(H2,24,25,26,27). The van der Waals surface area contributed by atoms with Crippen LogP contribution in [-0.4, -0.2) is 32.0 Å². The van der Waals surface area contributed by atoms with Crippen molar-refractivity contribution in [3.63, 3.8) is 0 Å². The third-order valence-corrected chi connectivity index (χ3v) is 5.29. The molecule has 5 rings (SSSR count). The fraction of sp³-hybridized carbons (Fsp3) is 0.182. The van der Waals surface area contributed by atoms with Crippen LogP contribution in [0.2, 0.25) is 0 Å². The van der Waals surface area contributed by atoms with Gasteiger partial charge in [-0.2, -0.15) is 5.10 Å². The number of carbonyl (C=O) groups excluding carboxylic acids is 1. The third kappa shape index (κ3) is 3.02. The summed E-state index contributed by atoms with van der Waals surface area (Å²) >= 11 is 0. The van der Waals surface area contributed by atoms with E-state index in [4.69, 9.17) is 15.7 Å². The number of fused-ring (bicyclic) bond motifs is 2. The molecule has 0 bridgehead atoms. The quantitative estimate of drug-likeness (QED) is 0.476. The molecular weight excluding hydrogens is 378 g/mol. The minimum Gasteiger partial charge on any atom is -0.369 e. The zero-order valence-electron chi connectivity index (χ0n) is 16.5. The van der Waals surface area contributed by atoms with Crippen molar-refractivity contribution in [1.82, 2.24) is 19.6 Å². The average molecular weight is 399 g/mol. The number of anilines is 2. The zero-order chi connectivity index (χ0) is 20.7. The van der Waals surface area contributed by atoms with Crippen molar-refractivity contribution in [2.24, 2.45) is 5.73 Å². The number of carbonyl (C=O) groups is 1. The fourth-order valence-electron chi connectivity index (χ4n) is 3.86. The van der Waals surface area contributed by atoms with Crippen molar-refractivity contribution < 1.29 is 4.79 Å². The molecule has 1 amide bonds. The number of rotatable bonds is 5. The largest absolute Gasteiger partial charge is 0.369 e. The molecule has 8 heteroatoms. The molecule has 1 aliphatic heterocycles. The van der Waals surface area contributed by atoms with Gasteiger partial charge in [-0.1, -0.05) is 36.4 Å². The predicted octanol–water partition coefficient (Wildman–Crippen LogP) is 2.78. The van der Waals surface area contributed by atoms with Crippen molar-refractivity contribution in [2.75, 3.05) is 17.2 Å². The van der Waals surface area contributed by atoms with E-state index in [1.807, 2.05) is 31.2 Å². The first-order valence-corrected chi connectivity index (χ1v) is 9.83. The molecule has 30 heavy (non-hydrogen) atoms. The van der Waals surface area contributed by atoms with E-state index in [0.717, 1.165) is 46.9 Å². The summed E-state index contributed by atoms with van der Waals surface area (Å²) in [5.74, 6) is 1.68. The Morgan fingerprint density at radius 2 is 2.00 bits per heavy atom. The zero-order valence-corrected chi connectivity index (χ0v) is 16.5. The van der Waals surface area contributed by atoms with Crippen LogP contribution in [0.4, 0.5) is 11.6 Å². The molecule has 0 fully saturated rings. The van der Waals surface area contributed by atoms with E-state index in [1.165, 1.54) is 5.56 Å². The molecule has 1 aliphatic rings. The topological polar surface area (TPSA) is 110 Å². The van der Waals surface area contributed by atoms with Crippen molar-refractivity contribution in [1.29, 1.82) is 0 Å². The Morgan fingerprint density at radius 1 is 1.17 bits per heavy atom. The number of nitrogens with zero attached hydrogens (tertiary/aromatic N) is 4. The van der Waals surface area contributed by atoms with Crippen LogP contribution in [-0.2, 0) is 13.0 Å². The van der Waals surface area contributed by atoms with Crippen LogP contribution in [0.1, 0.15) is 27.3 Å². The number of hydrogen-bond donors (Lipinski definition) is 3. The molecule has 3 aromatic heterocycles. The van der Waals surface area contributed by atoms with Gasteiger partial charge in [0.1, 0.15) is 17.3 Å². The molecule has 8 nitrogen and oxygen atoms in total. The van der Waals surface area contributed by atoms with Gasteiger partial charge in [-0.3, -0.25) is 4.79 Å². The summed E-state index contributed by atoms with van der Waals surface area (Å²) < 4.78 is 1.56. The summed E-state index contributed by atoms with van der Waals surface area (Å²) in [4.78, 5) is 21.4. The molecule has 0 radical (unpaired) electrons. The first-order valence-electron chi connectivity index (χ1n) is 9.83. The Bertz CT molecular complexity index is 1260. The third-order valence-electron chi connectivity index (χ3n) is 5.29. The molecule has 150 valence electrons. The van der Waals surface area contributed by atoms with Crippen LogP contribution >= 0.6 is 0 Å². The summed E-state index contributed by atoms with van der Waals surface area (Å²) in [6, 6.07) is 15.5. The normalized spacial score (nSPS) is 12.6. The van der Waals surface area contributed by atoms with Gasteiger partial charge in [-0.25, -0.2) is 14.5 Å². The highest BCUT2D eigenvalue weighted by molar-refractivity contribution is 5.93. The lowest BCUT2D eigenvalue weighted by atomic mass is 10.1. The number of amides is 1. The van der Waals surface area contributed by atoms with Gasteiger partial charge >= 0.3 is 0 Å². The Kier molecular flexibility index (Phi) is 4.31. The molecule has 0 spiro atoms. The van der Waals surface area contributed by atoms with Crippen molar-refractivity contribution >= 4 is 23.1 Å². The SMILES string of the molecule is Cc1nn2c(C(N)=O)cccc2c1-c1nc2c(c(NCc3ccccc3)n1)CCN2. The second-order valence-electron chi connectivity index (χ2n) is 7.27. The second-order valence-corrected chi connectivity index (χ2v) is 7.27. The van der Waals surface area contributed by atoms with Gasteiger partial charge in [0, 0.05) is 18.7 Å². The lowest BCUT2D eigenvalue weighted by Crippen LogP contribution is -2.15. The maximum absolute atomic E-state index is 11.8. The van der Waals surface area contributed by atoms with Crippen LogP contribution < -0.4 is 16.4 Å². The monoisotopic (exact) mass is 399 g/mol. The number of aryl methyl sites for hydroxylation is 1. The van der Waals surface area contributed by atoms with E-state index < -0.39 is 5.91 Å². The predicted molar refractivity (Wildman–Crippen MR) is 115 cm³/mol. The molecule has 4 aromatic rings. The maximum Gasteiger partial charge on any atom is 0.267 e. The number of hydrogen-bond acceptors (Lipinski definition) is 6. The molecule has 4 heterocycles. The summed E-state index contributed by atoms with van der Waals surface area (Å²) in [5.41, 5.74) is 10.4.